The van der Waals surface area contributed by atoms with Gasteiger partial charge in [0, 0.05) is 51.2 Å². The fourth-order valence-electron chi connectivity index (χ4n) is 8.89. The lowest BCUT2D eigenvalue weighted by Gasteiger charge is -2.51. The van der Waals surface area contributed by atoms with Crippen molar-refractivity contribution in [3.8, 4) is 0 Å². The summed E-state index contributed by atoms with van der Waals surface area (Å²) in [6, 6.07) is 60.5. The highest BCUT2D eigenvalue weighted by molar-refractivity contribution is 7.04. The fraction of sp³-hybridized carbons (Fsp3) is 0.0233. The molecule has 4 aliphatic heterocycles. The summed E-state index contributed by atoms with van der Waals surface area (Å²) in [6.07, 6.45) is 0. The van der Waals surface area contributed by atoms with Gasteiger partial charge in [-0.25, -0.2) is 0 Å². The Bertz CT molecular complexity index is 2220. The molecule has 0 fully saturated rings. The first-order chi connectivity index (χ1) is 23.4. The predicted molar refractivity (Wildman–Crippen MR) is 207 cm³/mol. The van der Waals surface area contributed by atoms with Crippen molar-refractivity contribution >= 4 is 97.4 Å². The van der Waals surface area contributed by atoms with E-state index in [-0.39, 0.29) is 20.9 Å². The Hall–Kier alpha value is -5.93. The summed E-state index contributed by atoms with van der Waals surface area (Å²) in [4.78, 5) is 7.59. The van der Waals surface area contributed by atoms with E-state index in [0.717, 1.165) is 0 Å². The number of nitrogens with zero attached hydrogens (tertiary/aromatic N) is 3. The Balaban J connectivity index is 0.00000295. The number of benzene rings is 7. The lowest BCUT2D eigenvalue weighted by Crippen LogP contribution is -2.68. The lowest BCUT2D eigenvalue weighted by molar-refractivity contribution is 1.23. The van der Waals surface area contributed by atoms with Crippen LogP contribution in [-0.2, 0) is 0 Å². The SMILES string of the molecule is C.c1ccc(N2c3ccccc3B3c4ccccc4N4c5ccccc5B5c6ccccc6N(c6ccccc6)c6cc2c3c4c65)cc1. The summed E-state index contributed by atoms with van der Waals surface area (Å²) in [7, 11) is 0. The van der Waals surface area contributed by atoms with Gasteiger partial charge < -0.3 is 14.7 Å². The molecule has 4 heterocycles. The highest BCUT2D eigenvalue weighted by atomic mass is 15.2. The van der Waals surface area contributed by atoms with Gasteiger partial charge in [0.05, 0.1) is 0 Å². The van der Waals surface area contributed by atoms with Crippen molar-refractivity contribution in [2.24, 2.45) is 0 Å². The topological polar surface area (TPSA) is 9.72 Å². The van der Waals surface area contributed by atoms with Crippen molar-refractivity contribution in [1.29, 1.82) is 0 Å². The molecular formula is C43H31B2N3. The van der Waals surface area contributed by atoms with Crippen LogP contribution in [-0.4, -0.2) is 13.4 Å². The van der Waals surface area contributed by atoms with Crippen molar-refractivity contribution in [3.05, 3.63) is 164 Å². The van der Waals surface area contributed by atoms with Gasteiger partial charge in [0.1, 0.15) is 0 Å². The molecule has 11 rings (SSSR count). The Kier molecular flexibility index (Phi) is 5.69. The average Bonchev–Trinajstić information content (AvgIpc) is 3.14. The van der Waals surface area contributed by atoms with Crippen LogP contribution in [0.15, 0.2) is 164 Å². The largest absolute Gasteiger partial charge is 0.312 e. The number of anilines is 9. The third-order valence-electron chi connectivity index (χ3n) is 10.6. The quantitative estimate of drug-likeness (QED) is 0.195. The summed E-state index contributed by atoms with van der Waals surface area (Å²) in [5.41, 5.74) is 19.3. The zero-order valence-corrected chi connectivity index (χ0v) is 25.6. The molecule has 0 bridgehead atoms. The van der Waals surface area contributed by atoms with Crippen LogP contribution in [0.4, 0.5) is 51.2 Å². The van der Waals surface area contributed by atoms with Gasteiger partial charge in [0.25, 0.3) is 13.4 Å². The van der Waals surface area contributed by atoms with Crippen LogP contribution in [0.1, 0.15) is 7.43 Å². The first-order valence-electron chi connectivity index (χ1n) is 16.5. The molecule has 7 aromatic carbocycles. The number of hydrogen-bond donors (Lipinski definition) is 0. The van der Waals surface area contributed by atoms with Crippen molar-refractivity contribution in [1.82, 2.24) is 0 Å². The van der Waals surface area contributed by atoms with E-state index in [2.05, 4.69) is 178 Å². The normalized spacial score (nSPS) is 13.9. The van der Waals surface area contributed by atoms with Crippen LogP contribution in [0.5, 0.6) is 0 Å². The third kappa shape index (κ3) is 3.40. The Morgan fingerprint density at radius 3 is 1.00 bits per heavy atom. The molecule has 0 unspecified atom stereocenters. The van der Waals surface area contributed by atoms with Gasteiger partial charge in [-0.05, 0) is 87.4 Å². The van der Waals surface area contributed by atoms with Crippen molar-refractivity contribution < 1.29 is 0 Å². The molecule has 0 radical (unpaired) electrons. The van der Waals surface area contributed by atoms with Gasteiger partial charge in [-0.15, -0.1) is 0 Å². The average molecular weight is 611 g/mol. The first-order valence-corrected chi connectivity index (χ1v) is 16.5. The molecule has 0 spiro atoms. The zero-order valence-electron chi connectivity index (χ0n) is 25.6. The molecular weight excluding hydrogens is 580 g/mol. The standard InChI is InChI=1S/C42H27B2N3.CH4/c1-3-15-28(16-4-1)45-34-23-11-7-19-30(34)43-32-21-9-13-25-36(32)47-37-26-14-10-22-33(37)44-31-20-8-12-24-35(31)46(29-17-5-2-6-18-29)39-27-38(45)40(43)42(47)41(39)44;/h1-27H;1H4. The smallest absolute Gasteiger partial charge is 0.252 e. The molecule has 5 heteroatoms. The number of rotatable bonds is 2. The highest BCUT2D eigenvalue weighted by Gasteiger charge is 2.51. The number of para-hydroxylation sites is 6. The monoisotopic (exact) mass is 611 g/mol. The van der Waals surface area contributed by atoms with E-state index in [1.807, 2.05) is 0 Å². The van der Waals surface area contributed by atoms with E-state index < -0.39 is 0 Å². The van der Waals surface area contributed by atoms with E-state index in [4.69, 9.17) is 0 Å². The van der Waals surface area contributed by atoms with Crippen LogP contribution in [0, 0.1) is 0 Å². The second-order valence-electron chi connectivity index (χ2n) is 12.9. The minimum atomic E-state index is 0. The van der Waals surface area contributed by atoms with Gasteiger partial charge >= 0.3 is 0 Å². The van der Waals surface area contributed by atoms with Crippen LogP contribution < -0.4 is 47.5 Å². The minimum absolute atomic E-state index is 0. The summed E-state index contributed by atoms with van der Waals surface area (Å²) in [6.45, 7) is 0.226. The molecule has 0 aromatic heterocycles. The molecule has 7 aromatic rings. The summed E-state index contributed by atoms with van der Waals surface area (Å²) < 4.78 is 0. The Labute approximate surface area is 282 Å². The van der Waals surface area contributed by atoms with E-state index in [1.54, 1.807) is 0 Å². The lowest BCUT2D eigenvalue weighted by atomic mass is 9.29. The van der Waals surface area contributed by atoms with Crippen molar-refractivity contribution in [3.63, 3.8) is 0 Å². The fourth-order valence-corrected chi connectivity index (χ4v) is 8.89. The van der Waals surface area contributed by atoms with E-state index in [0.29, 0.717) is 0 Å². The third-order valence-corrected chi connectivity index (χ3v) is 10.6. The predicted octanol–water partition coefficient (Wildman–Crippen LogP) is 7.02. The van der Waals surface area contributed by atoms with E-state index in [9.17, 15) is 0 Å². The zero-order chi connectivity index (χ0) is 30.6. The minimum Gasteiger partial charge on any atom is -0.312 e. The Morgan fingerprint density at radius 2 is 0.625 bits per heavy atom. The van der Waals surface area contributed by atoms with Crippen LogP contribution in [0.2, 0.25) is 0 Å². The highest BCUT2D eigenvalue weighted by Crippen LogP contribution is 2.49. The maximum Gasteiger partial charge on any atom is 0.252 e. The molecule has 3 nitrogen and oxygen atoms in total. The van der Waals surface area contributed by atoms with Gasteiger partial charge in [-0.3, -0.25) is 0 Å². The molecule has 0 N–H and O–H groups in total. The van der Waals surface area contributed by atoms with Crippen LogP contribution >= 0.6 is 0 Å². The molecule has 0 amide bonds. The number of fused-ring (bicyclic) bond motifs is 10. The maximum atomic E-state index is 2.59. The summed E-state index contributed by atoms with van der Waals surface area (Å²) >= 11 is 0. The molecule has 0 atom stereocenters. The summed E-state index contributed by atoms with van der Waals surface area (Å²) in [5.74, 6) is 0. The van der Waals surface area contributed by atoms with Gasteiger partial charge in [-0.2, -0.15) is 0 Å². The Morgan fingerprint density at radius 1 is 0.312 bits per heavy atom. The molecule has 4 aliphatic rings. The second kappa shape index (κ2) is 10.0. The van der Waals surface area contributed by atoms with Gasteiger partial charge in [0.2, 0.25) is 0 Å². The molecule has 224 valence electrons. The summed E-state index contributed by atoms with van der Waals surface area (Å²) in [5, 5.41) is 0. The molecule has 0 aliphatic carbocycles. The maximum absolute atomic E-state index is 2.59. The van der Waals surface area contributed by atoms with Crippen molar-refractivity contribution in [2.45, 2.75) is 7.43 Å². The van der Waals surface area contributed by atoms with Gasteiger partial charge in [0.15, 0.2) is 0 Å². The molecule has 0 saturated heterocycles. The van der Waals surface area contributed by atoms with Crippen molar-refractivity contribution in [2.75, 3.05) is 14.7 Å². The second-order valence-corrected chi connectivity index (χ2v) is 12.9. The first kappa shape index (κ1) is 27.2. The molecule has 0 saturated carbocycles. The van der Waals surface area contributed by atoms with E-state index >= 15 is 0 Å². The van der Waals surface area contributed by atoms with E-state index in [1.165, 1.54) is 84.0 Å². The molecule has 48 heavy (non-hydrogen) atoms. The van der Waals surface area contributed by atoms with Crippen LogP contribution in [0.3, 0.4) is 0 Å². The van der Waals surface area contributed by atoms with Gasteiger partial charge in [-0.1, -0.05) is 117 Å². The number of hydrogen-bond acceptors (Lipinski definition) is 3. The van der Waals surface area contributed by atoms with Crippen LogP contribution in [0.25, 0.3) is 0 Å².